The molecule has 0 aliphatic heterocycles. The van der Waals surface area contributed by atoms with E-state index in [9.17, 15) is 8.78 Å². The van der Waals surface area contributed by atoms with Gasteiger partial charge in [0.1, 0.15) is 17.5 Å². The molecule has 0 saturated carbocycles. The molecule has 90 valence electrons. The Morgan fingerprint density at radius 3 is 2.76 bits per heavy atom. The predicted molar refractivity (Wildman–Crippen MR) is 65.3 cm³/mol. The van der Waals surface area contributed by atoms with E-state index in [0.29, 0.717) is 12.2 Å². The van der Waals surface area contributed by atoms with Crippen LogP contribution < -0.4 is 0 Å². The number of hydrogen-bond donors (Lipinski definition) is 1. The lowest BCUT2D eigenvalue weighted by Gasteiger charge is -2.10. The highest BCUT2D eigenvalue weighted by Gasteiger charge is 2.17. The first-order valence-electron chi connectivity index (χ1n) is 4.84. The first-order chi connectivity index (χ1) is 8.08. The lowest BCUT2D eigenvalue weighted by molar-refractivity contribution is 0.583. The third-order valence-electron chi connectivity index (χ3n) is 2.30. The van der Waals surface area contributed by atoms with Gasteiger partial charge in [0.2, 0.25) is 0 Å². The number of hydrogen-bond acceptors (Lipinski definition) is 1. The molecule has 0 aliphatic rings. The minimum Gasteiger partial charge on any atom is -0.349 e. The average Bonchev–Trinajstić information content (AvgIpc) is 2.76. The summed E-state index contributed by atoms with van der Waals surface area (Å²) < 4.78 is 26.9. The van der Waals surface area contributed by atoms with Gasteiger partial charge in [-0.1, -0.05) is 27.5 Å². The zero-order valence-corrected chi connectivity index (χ0v) is 10.9. The molecule has 1 aromatic heterocycles. The van der Waals surface area contributed by atoms with Gasteiger partial charge in [-0.05, 0) is 12.1 Å². The molecule has 1 N–H and O–H groups in total. The Labute approximate surface area is 110 Å². The van der Waals surface area contributed by atoms with Gasteiger partial charge < -0.3 is 4.98 Å². The number of nitrogens with one attached hydrogen (secondary N) is 1. The molecular weight excluding hydrogens is 313 g/mol. The third-order valence-corrected chi connectivity index (χ3v) is 3.41. The molecule has 0 radical (unpaired) electrons. The summed E-state index contributed by atoms with van der Waals surface area (Å²) in [6, 6.07) is 2.07. The molecule has 1 heterocycles. The zero-order valence-electron chi connectivity index (χ0n) is 8.55. The highest BCUT2D eigenvalue weighted by atomic mass is 79.9. The molecule has 6 heteroatoms. The summed E-state index contributed by atoms with van der Waals surface area (Å²) in [7, 11) is 0. The van der Waals surface area contributed by atoms with E-state index in [1.165, 1.54) is 0 Å². The van der Waals surface area contributed by atoms with Crippen molar-refractivity contribution in [3.63, 3.8) is 0 Å². The van der Waals surface area contributed by atoms with Crippen LogP contribution in [0, 0.1) is 11.6 Å². The molecule has 0 saturated heterocycles. The van der Waals surface area contributed by atoms with Gasteiger partial charge in [0.25, 0.3) is 0 Å². The van der Waals surface area contributed by atoms with E-state index in [1.807, 2.05) is 0 Å². The Kier molecular flexibility index (Phi) is 3.79. The fourth-order valence-electron chi connectivity index (χ4n) is 1.47. The maximum Gasteiger partial charge on any atom is 0.142 e. The van der Waals surface area contributed by atoms with Gasteiger partial charge >= 0.3 is 0 Å². The topological polar surface area (TPSA) is 28.7 Å². The predicted octanol–water partition coefficient (Wildman–Crippen LogP) is 4.02. The van der Waals surface area contributed by atoms with Crippen LogP contribution in [-0.2, 0) is 6.42 Å². The molecule has 0 fully saturated rings. The van der Waals surface area contributed by atoms with Crippen molar-refractivity contribution in [1.82, 2.24) is 9.97 Å². The van der Waals surface area contributed by atoms with Crippen molar-refractivity contribution < 1.29 is 8.78 Å². The first kappa shape index (κ1) is 12.5. The highest BCUT2D eigenvalue weighted by molar-refractivity contribution is 9.09. The molecule has 0 bridgehead atoms. The molecule has 1 atom stereocenters. The smallest absolute Gasteiger partial charge is 0.142 e. The maximum atomic E-state index is 13.6. The van der Waals surface area contributed by atoms with E-state index in [1.54, 1.807) is 12.4 Å². The number of aromatic amines is 1. The van der Waals surface area contributed by atoms with Gasteiger partial charge in [-0.25, -0.2) is 13.8 Å². The van der Waals surface area contributed by atoms with Gasteiger partial charge in [0, 0.05) is 29.2 Å². The summed E-state index contributed by atoms with van der Waals surface area (Å²) >= 11 is 8.79. The molecule has 1 unspecified atom stereocenters. The summed E-state index contributed by atoms with van der Waals surface area (Å²) in [5.74, 6) is -0.474. The Bertz CT molecular complexity index is 516. The number of H-pyrrole nitrogens is 1. The fraction of sp³-hybridized carbons (Fsp3) is 0.182. The molecule has 0 spiro atoms. The van der Waals surface area contributed by atoms with Crippen LogP contribution in [0.25, 0.3) is 0 Å². The molecule has 0 amide bonds. The molecule has 1 aromatic carbocycles. The molecule has 17 heavy (non-hydrogen) atoms. The second kappa shape index (κ2) is 5.14. The van der Waals surface area contributed by atoms with E-state index >= 15 is 0 Å². The van der Waals surface area contributed by atoms with Gasteiger partial charge in [0.05, 0.1) is 5.02 Å². The monoisotopic (exact) mass is 320 g/mol. The van der Waals surface area contributed by atoms with Crippen LogP contribution in [0.5, 0.6) is 0 Å². The first-order valence-corrected chi connectivity index (χ1v) is 6.14. The fourth-order valence-corrected chi connectivity index (χ4v) is 2.28. The molecule has 2 nitrogen and oxygen atoms in total. The van der Waals surface area contributed by atoms with E-state index in [4.69, 9.17) is 11.6 Å². The van der Waals surface area contributed by atoms with Crippen LogP contribution in [0.1, 0.15) is 16.2 Å². The Balaban J connectivity index is 2.24. The SMILES string of the molecule is Fc1cc(C(Br)Cc2ncc[nH]2)c(F)cc1Cl. The van der Waals surface area contributed by atoms with Crippen molar-refractivity contribution >= 4 is 27.5 Å². The summed E-state index contributed by atoms with van der Waals surface area (Å²) in [6.45, 7) is 0. The van der Waals surface area contributed by atoms with Crippen LogP contribution in [0.4, 0.5) is 8.78 Å². The minimum absolute atomic E-state index is 0.219. The second-order valence-corrected chi connectivity index (χ2v) is 5.01. The number of rotatable bonds is 3. The standard InChI is InChI=1S/C11H8BrClF2N2/c12-7(4-11-16-1-2-17-11)6-3-10(15)8(13)5-9(6)14/h1-3,5,7H,4H2,(H,16,17). The number of benzene rings is 1. The second-order valence-electron chi connectivity index (χ2n) is 3.50. The lowest BCUT2D eigenvalue weighted by Crippen LogP contribution is -2.01. The van der Waals surface area contributed by atoms with E-state index in [2.05, 4.69) is 25.9 Å². The lowest BCUT2D eigenvalue weighted by atomic mass is 10.1. The van der Waals surface area contributed by atoms with Crippen molar-refractivity contribution in [3.05, 3.63) is 52.6 Å². The average molecular weight is 322 g/mol. The van der Waals surface area contributed by atoms with Gasteiger partial charge in [-0.2, -0.15) is 0 Å². The molecular formula is C11H8BrClF2N2. The summed E-state index contributed by atoms with van der Waals surface area (Å²) in [5, 5.41) is -0.219. The van der Waals surface area contributed by atoms with Crippen molar-refractivity contribution in [2.24, 2.45) is 0 Å². The van der Waals surface area contributed by atoms with E-state index in [0.717, 1.165) is 12.1 Å². The van der Waals surface area contributed by atoms with Crippen molar-refractivity contribution in [1.29, 1.82) is 0 Å². The quantitative estimate of drug-likeness (QED) is 0.671. The Hall–Kier alpha value is -0.940. The largest absolute Gasteiger partial charge is 0.349 e. The van der Waals surface area contributed by atoms with Crippen molar-refractivity contribution in [2.45, 2.75) is 11.2 Å². The third kappa shape index (κ3) is 2.84. The van der Waals surface area contributed by atoms with Crippen LogP contribution in [0.3, 0.4) is 0 Å². The number of imidazole rings is 1. The number of halogens is 4. The van der Waals surface area contributed by atoms with Crippen LogP contribution in [0.15, 0.2) is 24.5 Å². The van der Waals surface area contributed by atoms with Crippen LogP contribution in [-0.4, -0.2) is 9.97 Å². The van der Waals surface area contributed by atoms with Gasteiger partial charge in [0.15, 0.2) is 0 Å². The minimum atomic E-state index is -0.632. The molecule has 0 aliphatic carbocycles. The summed E-state index contributed by atoms with van der Waals surface area (Å²) in [4.78, 5) is 6.56. The van der Waals surface area contributed by atoms with Crippen LogP contribution >= 0.6 is 27.5 Å². The Morgan fingerprint density at radius 2 is 2.12 bits per heavy atom. The maximum absolute atomic E-state index is 13.6. The summed E-state index contributed by atoms with van der Waals surface area (Å²) in [5.41, 5.74) is 0.225. The van der Waals surface area contributed by atoms with E-state index in [-0.39, 0.29) is 15.4 Å². The number of aromatic nitrogens is 2. The van der Waals surface area contributed by atoms with Gasteiger partial charge in [-0.3, -0.25) is 0 Å². The number of nitrogens with zero attached hydrogens (tertiary/aromatic N) is 1. The van der Waals surface area contributed by atoms with Crippen LogP contribution in [0.2, 0.25) is 5.02 Å². The van der Waals surface area contributed by atoms with Gasteiger partial charge in [-0.15, -0.1) is 0 Å². The highest BCUT2D eigenvalue weighted by Crippen LogP contribution is 2.31. The summed E-state index contributed by atoms with van der Waals surface area (Å²) in [6.07, 6.45) is 3.71. The normalized spacial score (nSPS) is 12.7. The van der Waals surface area contributed by atoms with Crippen molar-refractivity contribution in [2.75, 3.05) is 0 Å². The Morgan fingerprint density at radius 1 is 1.35 bits per heavy atom. The molecule has 2 rings (SSSR count). The molecule has 2 aromatic rings. The van der Waals surface area contributed by atoms with Crippen molar-refractivity contribution in [3.8, 4) is 0 Å². The zero-order chi connectivity index (χ0) is 12.4. The number of alkyl halides is 1. The van der Waals surface area contributed by atoms with E-state index < -0.39 is 11.6 Å².